The molecule has 0 amide bonds. The predicted molar refractivity (Wildman–Crippen MR) is 317 cm³/mol. The van der Waals surface area contributed by atoms with Crippen LogP contribution in [0, 0.1) is 23.7 Å². The predicted octanol–water partition coefficient (Wildman–Crippen LogP) is 16.2. The van der Waals surface area contributed by atoms with Crippen LogP contribution < -0.4 is 0 Å². The maximum absolute atomic E-state index is 12.9. The van der Waals surface area contributed by atoms with Crippen LogP contribution in [-0.2, 0) is 65.4 Å². The smallest absolute Gasteiger partial charge is 0.462 e. The summed E-state index contributed by atoms with van der Waals surface area (Å²) in [4.78, 5) is 72.0. The molecule has 0 aromatic heterocycles. The molecule has 5 atom stereocenters. The Morgan fingerprint density at radius 1 is 0.312 bits per heavy atom. The molecular formula is C61H118O17P2. The summed E-state index contributed by atoms with van der Waals surface area (Å²) in [7, 11) is -9.88. The van der Waals surface area contributed by atoms with Crippen molar-refractivity contribution in [1.29, 1.82) is 0 Å². The number of hydrogen-bond donors (Lipinski definition) is 3. The molecule has 0 bridgehead atoms. The van der Waals surface area contributed by atoms with Crippen LogP contribution in [0.4, 0.5) is 0 Å². The van der Waals surface area contributed by atoms with Gasteiger partial charge in [0.1, 0.15) is 19.3 Å². The average Bonchev–Trinajstić information content (AvgIpc) is 3.38. The van der Waals surface area contributed by atoms with Crippen LogP contribution in [0.25, 0.3) is 0 Å². The maximum Gasteiger partial charge on any atom is 0.472 e. The van der Waals surface area contributed by atoms with Gasteiger partial charge in [-0.1, -0.05) is 235 Å². The van der Waals surface area contributed by atoms with E-state index in [1.165, 1.54) is 77.0 Å². The van der Waals surface area contributed by atoms with Crippen LogP contribution in [0.3, 0.4) is 0 Å². The minimum absolute atomic E-state index is 0.102. The van der Waals surface area contributed by atoms with Crippen molar-refractivity contribution in [3.8, 4) is 0 Å². The molecule has 0 fully saturated rings. The van der Waals surface area contributed by atoms with Gasteiger partial charge in [-0.05, 0) is 49.4 Å². The van der Waals surface area contributed by atoms with Gasteiger partial charge in [-0.25, -0.2) is 9.13 Å². The molecule has 3 N–H and O–H groups in total. The number of phosphoric ester groups is 2. The molecule has 0 aliphatic heterocycles. The van der Waals surface area contributed by atoms with Crippen LogP contribution in [-0.4, -0.2) is 96.7 Å². The van der Waals surface area contributed by atoms with Gasteiger partial charge in [0.25, 0.3) is 0 Å². The van der Waals surface area contributed by atoms with Crippen molar-refractivity contribution < 1.29 is 80.2 Å². The number of aliphatic hydroxyl groups excluding tert-OH is 1. The summed E-state index contributed by atoms with van der Waals surface area (Å²) in [5.74, 6) is 0.650. The second-order valence-electron chi connectivity index (χ2n) is 24.0. The van der Waals surface area contributed by atoms with E-state index in [0.29, 0.717) is 43.4 Å². The van der Waals surface area contributed by atoms with Crippen LogP contribution in [0.1, 0.15) is 287 Å². The molecule has 17 nitrogen and oxygen atoms in total. The maximum atomic E-state index is 12.9. The number of carbonyl (C=O) groups excluding carboxylic acids is 4. The topological polar surface area (TPSA) is 237 Å². The zero-order valence-corrected chi connectivity index (χ0v) is 53.5. The molecule has 474 valence electrons. The summed E-state index contributed by atoms with van der Waals surface area (Å²) in [6.45, 7) is 13.8. The van der Waals surface area contributed by atoms with Crippen molar-refractivity contribution in [2.45, 2.75) is 305 Å². The fourth-order valence-corrected chi connectivity index (χ4v) is 10.5. The Morgan fingerprint density at radius 2 is 0.525 bits per heavy atom. The minimum atomic E-state index is -4.94. The fraction of sp³-hybridized carbons (Fsp3) is 0.934. The van der Waals surface area contributed by atoms with Crippen LogP contribution in [0.5, 0.6) is 0 Å². The van der Waals surface area contributed by atoms with E-state index < -0.39 is 97.5 Å². The van der Waals surface area contributed by atoms with Crippen molar-refractivity contribution in [2.75, 3.05) is 39.6 Å². The number of rotatable bonds is 58. The third-order valence-electron chi connectivity index (χ3n) is 13.8. The zero-order chi connectivity index (χ0) is 59.7. The first-order valence-corrected chi connectivity index (χ1v) is 34.7. The Bertz CT molecular complexity index is 1580. The van der Waals surface area contributed by atoms with Crippen LogP contribution in [0.2, 0.25) is 0 Å². The molecule has 0 saturated carbocycles. The number of hydrogen-bond acceptors (Lipinski definition) is 15. The quantitative estimate of drug-likeness (QED) is 0.0222. The van der Waals surface area contributed by atoms with Crippen molar-refractivity contribution in [2.24, 2.45) is 23.7 Å². The van der Waals surface area contributed by atoms with Crippen molar-refractivity contribution in [3.05, 3.63) is 0 Å². The van der Waals surface area contributed by atoms with E-state index in [0.717, 1.165) is 109 Å². The molecule has 0 heterocycles. The van der Waals surface area contributed by atoms with Gasteiger partial charge in [-0.15, -0.1) is 0 Å². The SMILES string of the molecule is CC(C)CCCCCCCCCCC(=O)O[C@H](COC(=O)CCCCCCCCC(C)C)COP(=O)(O)OCC(O)COP(=O)(O)OC[C@@H](COC(=O)CCCCCCCCCC(C)C)OC(=O)CCCCCCCCCC(C)C. The average molecular weight is 1190 g/mol. The summed E-state index contributed by atoms with van der Waals surface area (Å²) >= 11 is 0. The Balaban J connectivity index is 5.25. The molecular weight excluding hydrogens is 1070 g/mol. The lowest BCUT2D eigenvalue weighted by Gasteiger charge is -2.21. The summed E-state index contributed by atoms with van der Waals surface area (Å²) in [6, 6.07) is 0. The van der Waals surface area contributed by atoms with E-state index in [9.17, 15) is 43.2 Å². The van der Waals surface area contributed by atoms with Gasteiger partial charge in [0.05, 0.1) is 26.4 Å². The Morgan fingerprint density at radius 3 is 0.775 bits per heavy atom. The summed E-state index contributed by atoms with van der Waals surface area (Å²) in [6.07, 6.45) is 29.7. The molecule has 0 aromatic rings. The monoisotopic (exact) mass is 1180 g/mol. The van der Waals surface area contributed by atoms with Crippen molar-refractivity contribution >= 4 is 39.5 Å². The van der Waals surface area contributed by atoms with E-state index in [1.807, 2.05) is 0 Å². The Hall–Kier alpha value is -1.94. The van der Waals surface area contributed by atoms with Gasteiger partial charge in [0.15, 0.2) is 12.2 Å². The lowest BCUT2D eigenvalue weighted by atomic mass is 10.0. The van der Waals surface area contributed by atoms with E-state index in [4.69, 9.17) is 37.0 Å². The van der Waals surface area contributed by atoms with E-state index >= 15 is 0 Å². The lowest BCUT2D eigenvalue weighted by molar-refractivity contribution is -0.161. The molecule has 3 unspecified atom stereocenters. The van der Waals surface area contributed by atoms with Gasteiger partial charge in [0.2, 0.25) is 0 Å². The van der Waals surface area contributed by atoms with Crippen molar-refractivity contribution in [1.82, 2.24) is 0 Å². The number of unbranched alkanes of at least 4 members (excludes halogenated alkanes) is 24. The Labute approximate surface area is 486 Å². The standard InChI is InChI=1S/C61H118O17P2/c1-51(2)37-29-21-13-9-10-16-27-35-43-60(65)77-57(48-72-59(64)42-34-26-20-19-24-32-40-54(7)8)50-76-80(69,70)74-46-55(62)45-73-79(67,68)75-49-56(78-61(66)44-36-28-18-12-15-23-31-39-53(5)6)47-71-58(63)41-33-25-17-11-14-22-30-38-52(3)4/h51-57,62H,9-50H2,1-8H3,(H,67,68)(H,69,70)/t55?,56-,57-/m1/s1. The van der Waals surface area contributed by atoms with Gasteiger partial charge in [0, 0.05) is 25.7 Å². The third kappa shape index (κ3) is 55.3. The molecule has 0 aromatic carbocycles. The largest absolute Gasteiger partial charge is 0.472 e. The highest BCUT2D eigenvalue weighted by atomic mass is 31.2. The molecule has 0 radical (unpaired) electrons. The van der Waals surface area contributed by atoms with E-state index in [1.54, 1.807) is 0 Å². The second-order valence-corrected chi connectivity index (χ2v) is 26.9. The lowest BCUT2D eigenvalue weighted by Crippen LogP contribution is -2.30. The first-order valence-electron chi connectivity index (χ1n) is 31.7. The summed E-state index contributed by atoms with van der Waals surface area (Å²) in [5.41, 5.74) is 0. The van der Waals surface area contributed by atoms with Gasteiger partial charge < -0.3 is 33.8 Å². The molecule has 0 aliphatic carbocycles. The summed E-state index contributed by atoms with van der Waals surface area (Å²) < 4.78 is 67.8. The molecule has 80 heavy (non-hydrogen) atoms. The van der Waals surface area contributed by atoms with E-state index in [2.05, 4.69) is 55.4 Å². The van der Waals surface area contributed by atoms with Crippen LogP contribution in [0.15, 0.2) is 0 Å². The Kier molecular flexibility index (Phi) is 50.2. The van der Waals surface area contributed by atoms with Crippen molar-refractivity contribution in [3.63, 3.8) is 0 Å². The first kappa shape index (κ1) is 78.1. The number of ether oxygens (including phenoxy) is 4. The normalized spacial score (nSPS) is 14.5. The molecule has 0 rings (SSSR count). The minimum Gasteiger partial charge on any atom is -0.462 e. The number of carbonyl (C=O) groups is 4. The highest BCUT2D eigenvalue weighted by Crippen LogP contribution is 2.45. The fourth-order valence-electron chi connectivity index (χ4n) is 8.90. The first-order chi connectivity index (χ1) is 38.1. The second kappa shape index (κ2) is 51.5. The van der Waals surface area contributed by atoms with Gasteiger partial charge in [-0.3, -0.25) is 37.3 Å². The molecule has 0 spiro atoms. The van der Waals surface area contributed by atoms with E-state index in [-0.39, 0.29) is 25.7 Å². The molecule has 19 heteroatoms. The molecule has 0 aliphatic rings. The van der Waals surface area contributed by atoms with Gasteiger partial charge >= 0.3 is 39.5 Å². The van der Waals surface area contributed by atoms with Gasteiger partial charge in [-0.2, -0.15) is 0 Å². The van der Waals surface area contributed by atoms with Crippen LogP contribution >= 0.6 is 15.6 Å². The summed E-state index contributed by atoms with van der Waals surface area (Å²) in [5, 5.41) is 10.5. The molecule has 0 saturated heterocycles. The number of esters is 4. The number of aliphatic hydroxyl groups is 1. The highest BCUT2D eigenvalue weighted by Gasteiger charge is 2.30. The zero-order valence-electron chi connectivity index (χ0n) is 51.7. The number of phosphoric acid groups is 2. The third-order valence-corrected chi connectivity index (χ3v) is 15.7. The highest BCUT2D eigenvalue weighted by molar-refractivity contribution is 7.47.